The van der Waals surface area contributed by atoms with Crippen LogP contribution in [-0.2, 0) is 10.0 Å². The second kappa shape index (κ2) is 6.94. The molecule has 0 aliphatic heterocycles. The van der Waals surface area contributed by atoms with Crippen molar-refractivity contribution in [1.29, 1.82) is 0 Å². The lowest BCUT2D eigenvalue weighted by Crippen LogP contribution is -2.33. The normalized spacial score (nSPS) is 15.8. The summed E-state index contributed by atoms with van der Waals surface area (Å²) in [6.45, 7) is 1.49. The number of hydrogen-bond acceptors (Lipinski definition) is 4. The van der Waals surface area contributed by atoms with Crippen LogP contribution in [0.2, 0.25) is 0 Å². The third-order valence-electron chi connectivity index (χ3n) is 4.49. The van der Waals surface area contributed by atoms with Crippen LogP contribution in [0.4, 0.5) is 5.69 Å². The molecule has 0 radical (unpaired) electrons. The van der Waals surface area contributed by atoms with Crippen LogP contribution in [0.25, 0.3) is 0 Å². The fourth-order valence-electron chi connectivity index (χ4n) is 3.27. The molecule has 1 heterocycles. The van der Waals surface area contributed by atoms with Gasteiger partial charge in [-0.25, -0.2) is 8.42 Å². The molecule has 0 atom stereocenters. The highest BCUT2D eigenvalue weighted by Crippen LogP contribution is 2.31. The monoisotopic (exact) mass is 349 g/mol. The average Bonchev–Trinajstić information content (AvgIpc) is 3.22. The highest BCUT2D eigenvalue weighted by atomic mass is 32.2. The van der Waals surface area contributed by atoms with Crippen LogP contribution < -0.4 is 4.31 Å². The summed E-state index contributed by atoms with van der Waals surface area (Å²) in [6, 6.07) is 9.13. The lowest BCUT2D eigenvalue weighted by atomic mass is 10.3. The quantitative estimate of drug-likeness (QED) is 0.869. The van der Waals surface area contributed by atoms with E-state index in [2.05, 4.69) is 5.10 Å². The molecule has 3 rings (SSSR count). The average molecular weight is 349 g/mol. The van der Waals surface area contributed by atoms with E-state index in [0.717, 1.165) is 25.7 Å². The van der Waals surface area contributed by atoms with Gasteiger partial charge in [-0.15, -0.1) is 0 Å². The molecule has 1 aliphatic carbocycles. The molecule has 1 fully saturated rings. The first-order valence-electron chi connectivity index (χ1n) is 8.28. The van der Waals surface area contributed by atoms with Gasteiger partial charge in [-0.3, -0.25) is 8.99 Å². The molecule has 0 saturated heterocycles. The Morgan fingerprint density at radius 2 is 1.92 bits per heavy atom. The lowest BCUT2D eigenvalue weighted by molar-refractivity contribution is 0.306. The van der Waals surface area contributed by atoms with E-state index in [9.17, 15) is 13.5 Å². The Morgan fingerprint density at radius 3 is 2.54 bits per heavy atom. The zero-order valence-corrected chi connectivity index (χ0v) is 14.6. The molecule has 2 aromatic rings. The molecule has 1 aromatic carbocycles. The Kier molecular flexibility index (Phi) is 4.91. The van der Waals surface area contributed by atoms with Gasteiger partial charge in [0, 0.05) is 6.20 Å². The number of aliphatic hydroxyl groups is 1. The molecular weight excluding hydrogens is 326 g/mol. The van der Waals surface area contributed by atoms with E-state index in [4.69, 9.17) is 0 Å². The molecule has 24 heavy (non-hydrogen) atoms. The number of hydrogen-bond donors (Lipinski definition) is 1. The van der Waals surface area contributed by atoms with Gasteiger partial charge in [-0.2, -0.15) is 5.10 Å². The number of aromatic nitrogens is 2. The second-order valence-electron chi connectivity index (χ2n) is 6.13. The molecule has 1 aromatic heterocycles. The number of rotatable bonds is 6. The van der Waals surface area contributed by atoms with Crippen LogP contribution in [0.1, 0.15) is 37.4 Å². The number of aliphatic hydroxyl groups excluding tert-OH is 1. The summed E-state index contributed by atoms with van der Waals surface area (Å²) in [4.78, 5) is 0.215. The van der Waals surface area contributed by atoms with Crippen molar-refractivity contribution in [2.45, 2.75) is 43.5 Å². The third kappa shape index (κ3) is 3.18. The van der Waals surface area contributed by atoms with E-state index >= 15 is 0 Å². The van der Waals surface area contributed by atoms with Gasteiger partial charge in [0.25, 0.3) is 10.0 Å². The van der Waals surface area contributed by atoms with Crippen LogP contribution in [-0.4, -0.2) is 36.5 Å². The molecule has 1 aliphatic rings. The molecule has 7 heteroatoms. The van der Waals surface area contributed by atoms with Crippen molar-refractivity contribution in [3.05, 3.63) is 42.2 Å². The molecule has 0 unspecified atom stereocenters. The number of sulfonamides is 1. The highest BCUT2D eigenvalue weighted by Gasteiger charge is 2.30. The Labute approximate surface area is 142 Å². The summed E-state index contributed by atoms with van der Waals surface area (Å²) in [7, 11) is -3.77. The Morgan fingerprint density at radius 1 is 1.25 bits per heavy atom. The van der Waals surface area contributed by atoms with Gasteiger partial charge in [0.2, 0.25) is 0 Å². The van der Waals surface area contributed by atoms with Crippen molar-refractivity contribution in [2.75, 3.05) is 17.5 Å². The van der Waals surface area contributed by atoms with E-state index < -0.39 is 10.0 Å². The summed E-state index contributed by atoms with van der Waals surface area (Å²) in [5.74, 6) is 0. The van der Waals surface area contributed by atoms with Crippen LogP contribution in [0.15, 0.2) is 41.4 Å². The summed E-state index contributed by atoms with van der Waals surface area (Å²) in [6.07, 6.45) is 6.05. The SMILES string of the molecule is Cc1nn(C2CCCC2)cc1S(=O)(=O)N(CCO)c1ccccc1. The smallest absolute Gasteiger partial charge is 0.267 e. The zero-order chi connectivity index (χ0) is 17.2. The summed E-state index contributed by atoms with van der Waals surface area (Å²) in [5, 5.41) is 13.8. The predicted octanol–water partition coefficient (Wildman–Crippen LogP) is 2.49. The maximum Gasteiger partial charge on any atom is 0.267 e. The van der Waals surface area contributed by atoms with Gasteiger partial charge >= 0.3 is 0 Å². The van der Waals surface area contributed by atoms with Crippen molar-refractivity contribution in [1.82, 2.24) is 9.78 Å². The van der Waals surface area contributed by atoms with E-state index in [1.165, 1.54) is 4.31 Å². The third-order valence-corrected chi connectivity index (χ3v) is 6.42. The van der Waals surface area contributed by atoms with Crippen LogP contribution in [0.5, 0.6) is 0 Å². The van der Waals surface area contributed by atoms with Crippen molar-refractivity contribution in [3.63, 3.8) is 0 Å². The fourth-order valence-corrected chi connectivity index (χ4v) is 4.88. The van der Waals surface area contributed by atoms with Gasteiger partial charge in [0.1, 0.15) is 4.90 Å². The molecule has 0 bridgehead atoms. The number of benzene rings is 1. The van der Waals surface area contributed by atoms with Crippen LogP contribution in [0.3, 0.4) is 0 Å². The summed E-state index contributed by atoms with van der Waals surface area (Å²) >= 11 is 0. The number of aryl methyl sites for hydroxylation is 1. The predicted molar refractivity (Wildman–Crippen MR) is 92.5 cm³/mol. The van der Waals surface area contributed by atoms with Gasteiger partial charge < -0.3 is 5.11 Å². The van der Waals surface area contributed by atoms with E-state index in [0.29, 0.717) is 11.4 Å². The van der Waals surface area contributed by atoms with Gasteiger partial charge in [0.05, 0.1) is 30.6 Å². The van der Waals surface area contributed by atoms with E-state index in [1.807, 2.05) is 6.07 Å². The number of para-hydroxylation sites is 1. The molecule has 1 saturated carbocycles. The Hall–Kier alpha value is -1.86. The molecule has 0 spiro atoms. The summed E-state index contributed by atoms with van der Waals surface area (Å²) < 4.78 is 29.3. The van der Waals surface area contributed by atoms with Crippen LogP contribution >= 0.6 is 0 Å². The highest BCUT2D eigenvalue weighted by molar-refractivity contribution is 7.92. The molecule has 6 nitrogen and oxygen atoms in total. The molecule has 1 N–H and O–H groups in total. The molecule has 0 amide bonds. The first-order valence-corrected chi connectivity index (χ1v) is 9.72. The first-order chi connectivity index (χ1) is 11.5. The van der Waals surface area contributed by atoms with Crippen molar-refractivity contribution >= 4 is 15.7 Å². The fraction of sp³-hybridized carbons (Fsp3) is 0.471. The lowest BCUT2D eigenvalue weighted by Gasteiger charge is -2.23. The maximum absolute atomic E-state index is 13.1. The second-order valence-corrected chi connectivity index (χ2v) is 7.96. The van der Waals surface area contributed by atoms with Crippen LogP contribution in [0, 0.1) is 6.92 Å². The minimum Gasteiger partial charge on any atom is -0.394 e. The van der Waals surface area contributed by atoms with Crippen molar-refractivity contribution in [3.8, 4) is 0 Å². The Bertz CT molecular complexity index is 781. The van der Waals surface area contributed by atoms with Crippen molar-refractivity contribution < 1.29 is 13.5 Å². The maximum atomic E-state index is 13.1. The topological polar surface area (TPSA) is 75.4 Å². The number of nitrogens with zero attached hydrogens (tertiary/aromatic N) is 3. The first kappa shape index (κ1) is 17.0. The molecule has 130 valence electrons. The minimum absolute atomic E-state index is 0.0143. The number of anilines is 1. The van der Waals surface area contributed by atoms with Gasteiger partial charge in [0.15, 0.2) is 0 Å². The van der Waals surface area contributed by atoms with Gasteiger partial charge in [-0.05, 0) is 31.9 Å². The van der Waals surface area contributed by atoms with E-state index in [1.54, 1.807) is 42.1 Å². The minimum atomic E-state index is -3.77. The van der Waals surface area contributed by atoms with E-state index in [-0.39, 0.29) is 24.1 Å². The van der Waals surface area contributed by atoms with Crippen molar-refractivity contribution in [2.24, 2.45) is 0 Å². The standard InChI is InChI=1S/C17H23N3O3S/c1-14-17(13-19(18-14)15-7-5-6-8-15)24(22,23)20(11-12-21)16-9-3-2-4-10-16/h2-4,9-10,13,15,21H,5-8,11-12H2,1H3. The van der Waals surface area contributed by atoms with Gasteiger partial charge in [-0.1, -0.05) is 31.0 Å². The zero-order valence-electron chi connectivity index (χ0n) is 13.8. The summed E-state index contributed by atoms with van der Waals surface area (Å²) in [5.41, 5.74) is 1.04. The largest absolute Gasteiger partial charge is 0.394 e. The Balaban J connectivity index is 1.99. The molecular formula is C17H23N3O3S.